The maximum atomic E-state index is 12.9. The van der Waals surface area contributed by atoms with Crippen molar-refractivity contribution < 1.29 is 18.0 Å². The van der Waals surface area contributed by atoms with Gasteiger partial charge in [-0.1, -0.05) is 0 Å². The average molecular weight is 342 g/mol. The van der Waals surface area contributed by atoms with Gasteiger partial charge in [-0.3, -0.25) is 4.79 Å². The van der Waals surface area contributed by atoms with Crippen molar-refractivity contribution in [2.24, 2.45) is 0 Å². The van der Waals surface area contributed by atoms with Gasteiger partial charge in [0.2, 0.25) is 5.91 Å². The van der Waals surface area contributed by atoms with Crippen molar-refractivity contribution in [3.8, 4) is 0 Å². The van der Waals surface area contributed by atoms with Crippen LogP contribution in [0.15, 0.2) is 12.1 Å². The highest BCUT2D eigenvalue weighted by Gasteiger charge is 2.38. The Morgan fingerprint density at radius 1 is 1.21 bits per heavy atom. The molecule has 0 aliphatic carbocycles. The maximum absolute atomic E-state index is 12.9. The minimum absolute atomic E-state index is 0.00126. The molecule has 2 aromatic rings. The van der Waals surface area contributed by atoms with E-state index in [-0.39, 0.29) is 35.4 Å². The number of rotatable bonds is 2. The minimum Gasteiger partial charge on any atom is -0.364 e. The molecule has 1 aliphatic heterocycles. The van der Waals surface area contributed by atoms with E-state index in [2.05, 4.69) is 20.6 Å². The first-order valence-corrected chi connectivity index (χ1v) is 7.42. The Kier molecular flexibility index (Phi) is 3.65. The summed E-state index contributed by atoms with van der Waals surface area (Å²) in [5.41, 5.74) is -0.297. The van der Waals surface area contributed by atoms with E-state index in [1.807, 2.05) is 20.8 Å². The van der Waals surface area contributed by atoms with Crippen molar-refractivity contribution in [3.05, 3.63) is 18.0 Å². The normalized spacial score (nSPS) is 19.3. The van der Waals surface area contributed by atoms with Crippen LogP contribution >= 0.6 is 0 Å². The van der Waals surface area contributed by atoms with Crippen molar-refractivity contribution in [2.45, 2.75) is 44.9 Å². The number of amides is 1. The highest BCUT2D eigenvalue weighted by Crippen LogP contribution is 2.28. The molecule has 0 spiro atoms. The number of nitrogens with one attached hydrogen (secondary N) is 1. The molecule has 130 valence electrons. The Morgan fingerprint density at radius 3 is 2.50 bits per heavy atom. The van der Waals surface area contributed by atoms with Gasteiger partial charge < -0.3 is 10.2 Å². The second-order valence-corrected chi connectivity index (χ2v) is 6.73. The number of hydrogen-bond donors (Lipinski definition) is 1. The first-order valence-electron chi connectivity index (χ1n) is 7.42. The van der Waals surface area contributed by atoms with E-state index in [4.69, 9.17) is 0 Å². The number of aromatic nitrogens is 4. The molecule has 1 unspecified atom stereocenters. The SMILES string of the molecule is CC(C)(C)N1CC(Nc2ccc3nnc(C(F)(F)F)n3n2)CC1=O. The Labute approximate surface area is 135 Å². The molecule has 10 heteroatoms. The minimum atomic E-state index is -4.64. The third-order valence-corrected chi connectivity index (χ3v) is 3.80. The molecule has 1 atom stereocenters. The molecule has 1 saturated heterocycles. The highest BCUT2D eigenvalue weighted by atomic mass is 19.4. The lowest BCUT2D eigenvalue weighted by molar-refractivity contribution is -0.146. The van der Waals surface area contributed by atoms with E-state index in [1.54, 1.807) is 4.90 Å². The van der Waals surface area contributed by atoms with E-state index in [1.165, 1.54) is 12.1 Å². The Morgan fingerprint density at radius 2 is 1.92 bits per heavy atom. The topological polar surface area (TPSA) is 75.4 Å². The summed E-state index contributed by atoms with van der Waals surface area (Å²) >= 11 is 0. The lowest BCUT2D eigenvalue weighted by Gasteiger charge is -2.32. The first kappa shape index (κ1) is 16.5. The molecule has 7 nitrogen and oxygen atoms in total. The Bertz CT molecular complexity index is 779. The van der Waals surface area contributed by atoms with Gasteiger partial charge in [-0.15, -0.1) is 15.3 Å². The summed E-state index contributed by atoms with van der Waals surface area (Å²) in [6.45, 7) is 6.27. The van der Waals surface area contributed by atoms with Crippen LogP contribution in [0.25, 0.3) is 5.65 Å². The fraction of sp³-hybridized carbons (Fsp3) is 0.571. The van der Waals surface area contributed by atoms with E-state index in [0.29, 0.717) is 11.1 Å². The molecule has 1 N–H and O–H groups in total. The van der Waals surface area contributed by atoms with E-state index >= 15 is 0 Å². The number of fused-ring (bicyclic) bond motifs is 1. The first-order chi connectivity index (χ1) is 11.1. The number of likely N-dealkylation sites (tertiary alicyclic amines) is 1. The lowest BCUT2D eigenvalue weighted by atomic mass is 10.1. The van der Waals surface area contributed by atoms with Crippen LogP contribution in [0.5, 0.6) is 0 Å². The van der Waals surface area contributed by atoms with Crippen molar-refractivity contribution >= 4 is 17.4 Å². The lowest BCUT2D eigenvalue weighted by Crippen LogP contribution is -2.43. The number of carbonyl (C=O) groups is 1. The molecular weight excluding hydrogens is 325 g/mol. The van der Waals surface area contributed by atoms with Crippen LogP contribution in [0.4, 0.5) is 19.0 Å². The molecule has 2 aromatic heterocycles. The molecule has 0 saturated carbocycles. The smallest absolute Gasteiger partial charge is 0.364 e. The standard InChI is InChI=1S/C14H17F3N6O/c1-13(2,3)22-7-8(6-11(22)24)18-9-4-5-10-19-20-12(14(15,16)17)23(10)21-9/h4-5,8H,6-7H2,1-3H3,(H,18,21). The summed E-state index contributed by atoms with van der Waals surface area (Å²) in [5, 5.41) is 13.5. The van der Waals surface area contributed by atoms with Crippen molar-refractivity contribution in [3.63, 3.8) is 0 Å². The summed E-state index contributed by atoms with van der Waals surface area (Å²) in [6, 6.07) is 2.71. The number of nitrogens with zero attached hydrogens (tertiary/aromatic N) is 5. The predicted molar refractivity (Wildman–Crippen MR) is 79.3 cm³/mol. The molecule has 24 heavy (non-hydrogen) atoms. The summed E-state index contributed by atoms with van der Waals surface area (Å²) in [5.74, 6) is -0.942. The van der Waals surface area contributed by atoms with E-state index in [0.717, 1.165) is 0 Å². The summed E-state index contributed by atoms with van der Waals surface area (Å²) in [4.78, 5) is 13.8. The predicted octanol–water partition coefficient (Wildman–Crippen LogP) is 1.95. The number of halogens is 3. The second-order valence-electron chi connectivity index (χ2n) is 6.73. The fourth-order valence-corrected chi connectivity index (χ4v) is 2.70. The van der Waals surface area contributed by atoms with Gasteiger partial charge in [-0.05, 0) is 32.9 Å². The third-order valence-electron chi connectivity index (χ3n) is 3.80. The third kappa shape index (κ3) is 3.00. The van der Waals surface area contributed by atoms with Gasteiger partial charge in [-0.2, -0.15) is 17.7 Å². The fourth-order valence-electron chi connectivity index (χ4n) is 2.70. The van der Waals surface area contributed by atoms with E-state index in [9.17, 15) is 18.0 Å². The van der Waals surface area contributed by atoms with Gasteiger partial charge in [0.15, 0.2) is 5.65 Å². The Balaban J connectivity index is 1.83. The van der Waals surface area contributed by atoms with Crippen LogP contribution in [0, 0.1) is 0 Å². The van der Waals surface area contributed by atoms with Gasteiger partial charge >= 0.3 is 6.18 Å². The largest absolute Gasteiger partial charge is 0.453 e. The van der Waals surface area contributed by atoms with Gasteiger partial charge in [0, 0.05) is 18.5 Å². The van der Waals surface area contributed by atoms with Crippen molar-refractivity contribution in [2.75, 3.05) is 11.9 Å². The number of anilines is 1. The summed E-state index contributed by atoms with van der Waals surface area (Å²) in [6.07, 6.45) is -4.37. The zero-order valence-corrected chi connectivity index (χ0v) is 13.4. The molecule has 3 heterocycles. The second kappa shape index (κ2) is 5.32. The van der Waals surface area contributed by atoms with E-state index < -0.39 is 12.0 Å². The molecule has 1 fully saturated rings. The van der Waals surface area contributed by atoms with Gasteiger partial charge in [-0.25, -0.2) is 0 Å². The number of alkyl halides is 3. The van der Waals surface area contributed by atoms with Crippen LogP contribution in [-0.2, 0) is 11.0 Å². The van der Waals surface area contributed by atoms with Gasteiger partial charge in [0.1, 0.15) is 5.82 Å². The molecular formula is C14H17F3N6O. The average Bonchev–Trinajstić information content (AvgIpc) is 3.00. The molecule has 0 bridgehead atoms. The zero-order chi connectivity index (χ0) is 17.7. The number of hydrogen-bond acceptors (Lipinski definition) is 5. The molecule has 0 radical (unpaired) electrons. The zero-order valence-electron chi connectivity index (χ0n) is 13.4. The van der Waals surface area contributed by atoms with Crippen LogP contribution < -0.4 is 5.32 Å². The number of carbonyl (C=O) groups excluding carboxylic acids is 1. The summed E-state index contributed by atoms with van der Waals surface area (Å²) in [7, 11) is 0. The van der Waals surface area contributed by atoms with Crippen LogP contribution in [0.3, 0.4) is 0 Å². The maximum Gasteiger partial charge on any atom is 0.453 e. The quantitative estimate of drug-likeness (QED) is 0.903. The van der Waals surface area contributed by atoms with Crippen molar-refractivity contribution in [1.82, 2.24) is 24.7 Å². The van der Waals surface area contributed by atoms with Gasteiger partial charge in [0.05, 0.1) is 6.04 Å². The van der Waals surface area contributed by atoms with Crippen LogP contribution in [0.2, 0.25) is 0 Å². The van der Waals surface area contributed by atoms with Crippen LogP contribution in [-0.4, -0.2) is 48.7 Å². The molecule has 3 rings (SSSR count). The molecule has 1 aliphatic rings. The molecule has 1 amide bonds. The Hall–Kier alpha value is -2.39. The molecule has 0 aromatic carbocycles. The van der Waals surface area contributed by atoms with Crippen molar-refractivity contribution in [1.29, 1.82) is 0 Å². The monoisotopic (exact) mass is 342 g/mol. The highest BCUT2D eigenvalue weighted by molar-refractivity contribution is 5.80. The van der Waals surface area contributed by atoms with Crippen LogP contribution in [0.1, 0.15) is 33.0 Å². The summed E-state index contributed by atoms with van der Waals surface area (Å²) < 4.78 is 39.3. The van der Waals surface area contributed by atoms with Gasteiger partial charge in [0.25, 0.3) is 5.82 Å².